The lowest BCUT2D eigenvalue weighted by Gasteiger charge is -2.24. The molecule has 0 saturated heterocycles. The number of nitrogens with zero attached hydrogens (tertiary/aromatic N) is 1. The van der Waals surface area contributed by atoms with Crippen molar-refractivity contribution in [3.63, 3.8) is 0 Å². The molecule has 30 heavy (non-hydrogen) atoms. The van der Waals surface area contributed by atoms with E-state index in [0.717, 1.165) is 11.1 Å². The number of fused-ring (bicyclic) bond motifs is 2. The zero-order valence-corrected chi connectivity index (χ0v) is 17.6. The Kier molecular flexibility index (Phi) is 5.50. The highest BCUT2D eigenvalue weighted by atomic mass is 32.2. The molecule has 6 heteroatoms. The van der Waals surface area contributed by atoms with Crippen LogP contribution >= 0.6 is 0 Å². The molecule has 1 amide bonds. The van der Waals surface area contributed by atoms with Crippen molar-refractivity contribution in [2.24, 2.45) is 0 Å². The second-order valence-corrected chi connectivity index (χ2v) is 8.40. The maximum Gasteiger partial charge on any atom is 0.338 e. The third-order valence-electron chi connectivity index (χ3n) is 5.11. The van der Waals surface area contributed by atoms with Crippen LogP contribution in [0.1, 0.15) is 38.8 Å². The molecule has 1 heterocycles. The monoisotopic (exact) mass is 419 g/mol. The summed E-state index contributed by atoms with van der Waals surface area (Å²) in [5, 5.41) is 0. The first-order chi connectivity index (χ1) is 14.5. The number of carbonyl (C=O) groups is 2. The SMILES string of the molecule is CCOC(=O)c1ccc2c(c1)N(Cc1ccccc1C)C(=O)c1ccccc1[S@@]2=O. The Morgan fingerprint density at radius 3 is 2.50 bits per heavy atom. The third kappa shape index (κ3) is 3.55. The van der Waals surface area contributed by atoms with E-state index in [-0.39, 0.29) is 12.5 Å². The summed E-state index contributed by atoms with van der Waals surface area (Å²) in [4.78, 5) is 28.4. The molecular formula is C24H21NO4S. The highest BCUT2D eigenvalue weighted by Gasteiger charge is 2.31. The number of hydrogen-bond donors (Lipinski definition) is 0. The Bertz CT molecular complexity index is 1170. The van der Waals surface area contributed by atoms with E-state index in [4.69, 9.17) is 4.74 Å². The summed E-state index contributed by atoms with van der Waals surface area (Å²) in [5.74, 6) is -0.724. The normalized spacial score (nSPS) is 15.2. The van der Waals surface area contributed by atoms with Crippen molar-refractivity contribution in [2.45, 2.75) is 30.2 Å². The topological polar surface area (TPSA) is 63.7 Å². The van der Waals surface area contributed by atoms with Crippen molar-refractivity contribution in [1.82, 2.24) is 0 Å². The average Bonchev–Trinajstić information content (AvgIpc) is 2.85. The number of aryl methyl sites for hydroxylation is 1. The summed E-state index contributed by atoms with van der Waals surface area (Å²) in [6, 6.07) is 19.6. The zero-order valence-electron chi connectivity index (χ0n) is 16.8. The van der Waals surface area contributed by atoms with Crippen molar-refractivity contribution in [2.75, 3.05) is 11.5 Å². The molecular weight excluding hydrogens is 398 g/mol. The van der Waals surface area contributed by atoms with Crippen molar-refractivity contribution >= 4 is 28.4 Å². The molecule has 1 aliphatic heterocycles. The first kappa shape index (κ1) is 20.0. The standard InChI is InChI=1S/C24H21NO4S/c1-3-29-24(27)17-12-13-22-20(14-17)25(15-18-9-5-4-8-16(18)2)23(26)19-10-6-7-11-21(19)30(22)28/h4-14H,3,15H2,1-2H3/t30-/m0/s1. The van der Waals surface area contributed by atoms with E-state index in [1.54, 1.807) is 54.3 Å². The maximum absolute atomic E-state index is 13.5. The van der Waals surface area contributed by atoms with Crippen LogP contribution in [0.3, 0.4) is 0 Å². The quantitative estimate of drug-likeness (QED) is 0.584. The van der Waals surface area contributed by atoms with Crippen molar-refractivity contribution in [3.8, 4) is 0 Å². The van der Waals surface area contributed by atoms with Gasteiger partial charge in [-0.05, 0) is 55.3 Å². The number of anilines is 1. The predicted octanol–water partition coefficient (Wildman–Crippen LogP) is 4.50. The van der Waals surface area contributed by atoms with Gasteiger partial charge >= 0.3 is 5.97 Å². The van der Waals surface area contributed by atoms with Gasteiger partial charge in [0, 0.05) is 0 Å². The van der Waals surface area contributed by atoms with E-state index in [2.05, 4.69) is 0 Å². The van der Waals surface area contributed by atoms with Gasteiger partial charge in [-0.2, -0.15) is 0 Å². The summed E-state index contributed by atoms with van der Waals surface area (Å²) in [6.45, 7) is 4.27. The summed E-state index contributed by atoms with van der Waals surface area (Å²) >= 11 is 0. The van der Waals surface area contributed by atoms with Gasteiger partial charge < -0.3 is 9.64 Å². The average molecular weight is 420 g/mol. The molecule has 4 rings (SSSR count). The number of esters is 1. The van der Waals surface area contributed by atoms with Gasteiger partial charge in [-0.25, -0.2) is 9.00 Å². The van der Waals surface area contributed by atoms with Crippen LogP contribution in [0.2, 0.25) is 0 Å². The van der Waals surface area contributed by atoms with Gasteiger partial charge in [-0.1, -0.05) is 36.4 Å². The van der Waals surface area contributed by atoms with Crippen LogP contribution in [0.4, 0.5) is 5.69 Å². The fraction of sp³-hybridized carbons (Fsp3) is 0.167. The molecule has 0 spiro atoms. The number of rotatable bonds is 4. The minimum absolute atomic E-state index is 0.248. The molecule has 0 aliphatic carbocycles. The number of ether oxygens (including phenoxy) is 1. The molecule has 0 fully saturated rings. The summed E-state index contributed by atoms with van der Waals surface area (Å²) < 4.78 is 18.5. The molecule has 152 valence electrons. The Morgan fingerprint density at radius 2 is 1.73 bits per heavy atom. The third-order valence-corrected chi connectivity index (χ3v) is 6.61. The Hall–Kier alpha value is -3.25. The summed E-state index contributed by atoms with van der Waals surface area (Å²) in [7, 11) is -1.55. The molecule has 5 nitrogen and oxygen atoms in total. The van der Waals surface area contributed by atoms with Crippen LogP contribution in [0.5, 0.6) is 0 Å². The van der Waals surface area contributed by atoms with Gasteiger partial charge in [0.25, 0.3) is 5.91 Å². The minimum Gasteiger partial charge on any atom is -0.462 e. The maximum atomic E-state index is 13.5. The first-order valence-electron chi connectivity index (χ1n) is 9.69. The molecule has 0 N–H and O–H groups in total. The van der Waals surface area contributed by atoms with Gasteiger partial charge in [0.05, 0.1) is 50.6 Å². The Labute approximate surface area is 177 Å². The van der Waals surface area contributed by atoms with Crippen LogP contribution in [0.15, 0.2) is 76.5 Å². The predicted molar refractivity (Wildman–Crippen MR) is 115 cm³/mol. The molecule has 0 bridgehead atoms. The smallest absolute Gasteiger partial charge is 0.338 e. The van der Waals surface area contributed by atoms with Crippen molar-refractivity contribution in [1.29, 1.82) is 0 Å². The van der Waals surface area contributed by atoms with Gasteiger partial charge in [0.15, 0.2) is 0 Å². The molecule has 0 aromatic heterocycles. The lowest BCUT2D eigenvalue weighted by molar-refractivity contribution is 0.0526. The van der Waals surface area contributed by atoms with Crippen LogP contribution in [0.25, 0.3) is 0 Å². The minimum atomic E-state index is -1.55. The largest absolute Gasteiger partial charge is 0.462 e. The highest BCUT2D eigenvalue weighted by molar-refractivity contribution is 7.85. The number of carbonyl (C=O) groups excluding carboxylic acids is 2. The summed E-state index contributed by atoms with van der Waals surface area (Å²) in [6.07, 6.45) is 0. The Morgan fingerprint density at radius 1 is 1.00 bits per heavy atom. The van der Waals surface area contributed by atoms with E-state index in [1.165, 1.54) is 0 Å². The van der Waals surface area contributed by atoms with Gasteiger partial charge in [-0.15, -0.1) is 0 Å². The number of hydrogen-bond acceptors (Lipinski definition) is 4. The Balaban J connectivity index is 1.91. The van der Waals surface area contributed by atoms with Crippen LogP contribution in [-0.4, -0.2) is 22.7 Å². The fourth-order valence-corrected chi connectivity index (χ4v) is 4.86. The molecule has 0 radical (unpaired) electrons. The lowest BCUT2D eigenvalue weighted by Crippen LogP contribution is -2.30. The second kappa shape index (κ2) is 8.24. The molecule has 0 saturated carbocycles. The van der Waals surface area contributed by atoms with Gasteiger partial charge in [0.1, 0.15) is 0 Å². The van der Waals surface area contributed by atoms with E-state index in [0.29, 0.717) is 33.2 Å². The molecule has 1 aliphatic rings. The van der Waals surface area contributed by atoms with Crippen LogP contribution in [0, 0.1) is 6.92 Å². The van der Waals surface area contributed by atoms with E-state index < -0.39 is 16.8 Å². The molecule has 1 atom stereocenters. The van der Waals surface area contributed by atoms with E-state index in [1.807, 2.05) is 31.2 Å². The zero-order chi connectivity index (χ0) is 21.3. The van der Waals surface area contributed by atoms with Crippen LogP contribution in [-0.2, 0) is 22.1 Å². The van der Waals surface area contributed by atoms with Crippen LogP contribution < -0.4 is 4.90 Å². The molecule has 3 aromatic rings. The number of amides is 1. The highest BCUT2D eigenvalue weighted by Crippen LogP contribution is 2.36. The van der Waals surface area contributed by atoms with Gasteiger partial charge in [0.2, 0.25) is 0 Å². The number of benzene rings is 3. The lowest BCUT2D eigenvalue weighted by atomic mass is 10.1. The summed E-state index contributed by atoms with van der Waals surface area (Å²) in [5.41, 5.74) is 3.21. The first-order valence-corrected chi connectivity index (χ1v) is 10.8. The van der Waals surface area contributed by atoms with E-state index in [9.17, 15) is 13.8 Å². The second-order valence-electron chi connectivity index (χ2n) is 6.99. The van der Waals surface area contributed by atoms with Crippen molar-refractivity contribution in [3.05, 3.63) is 89.0 Å². The van der Waals surface area contributed by atoms with Crippen molar-refractivity contribution < 1.29 is 18.5 Å². The molecule has 0 unspecified atom stereocenters. The fourth-order valence-electron chi connectivity index (χ4n) is 3.52. The molecule has 3 aromatic carbocycles. The van der Waals surface area contributed by atoms with E-state index >= 15 is 0 Å². The van der Waals surface area contributed by atoms with Gasteiger partial charge in [-0.3, -0.25) is 4.79 Å².